The second-order valence-corrected chi connectivity index (χ2v) is 7.54. The van der Waals surface area contributed by atoms with Crippen LogP contribution in [0.3, 0.4) is 0 Å². The van der Waals surface area contributed by atoms with Crippen LogP contribution in [0.5, 0.6) is 0 Å². The van der Waals surface area contributed by atoms with E-state index in [2.05, 4.69) is 4.98 Å². The van der Waals surface area contributed by atoms with Gasteiger partial charge in [0.15, 0.2) is 5.03 Å². The SMILES string of the molecule is Cn1cnc(S(=O)(=O)N2C[C@H](c3ccc(F)cc3)[C@@H](C=O)C2)c1. The van der Waals surface area contributed by atoms with Crippen molar-refractivity contribution in [3.63, 3.8) is 0 Å². The lowest BCUT2D eigenvalue weighted by atomic mass is 9.90. The number of nitrogens with zero attached hydrogens (tertiary/aromatic N) is 3. The highest BCUT2D eigenvalue weighted by molar-refractivity contribution is 7.89. The van der Waals surface area contributed by atoms with Crippen molar-refractivity contribution < 1.29 is 17.6 Å². The van der Waals surface area contributed by atoms with E-state index in [0.29, 0.717) is 0 Å². The number of aromatic nitrogens is 2. The third-order valence-electron chi connectivity index (χ3n) is 4.09. The Bertz CT molecular complexity index is 817. The Morgan fingerprint density at radius 2 is 1.96 bits per heavy atom. The molecule has 0 bridgehead atoms. The Kier molecular flexibility index (Phi) is 4.03. The molecular formula is C15H16FN3O3S. The minimum atomic E-state index is -3.74. The number of sulfonamides is 1. The number of benzene rings is 1. The molecule has 1 aliphatic heterocycles. The Morgan fingerprint density at radius 1 is 1.26 bits per heavy atom. The number of aryl methyl sites for hydroxylation is 1. The van der Waals surface area contributed by atoms with Crippen molar-refractivity contribution >= 4 is 16.3 Å². The molecule has 0 unspecified atom stereocenters. The fourth-order valence-electron chi connectivity index (χ4n) is 2.84. The molecule has 0 spiro atoms. The van der Waals surface area contributed by atoms with Crippen molar-refractivity contribution in [3.8, 4) is 0 Å². The molecule has 0 aliphatic carbocycles. The van der Waals surface area contributed by atoms with E-state index in [1.807, 2.05) is 0 Å². The van der Waals surface area contributed by atoms with Crippen LogP contribution >= 0.6 is 0 Å². The van der Waals surface area contributed by atoms with Crippen LogP contribution in [-0.2, 0) is 21.9 Å². The molecule has 23 heavy (non-hydrogen) atoms. The first kappa shape index (κ1) is 15.8. The number of carbonyl (C=O) groups is 1. The van der Waals surface area contributed by atoms with Crippen LogP contribution < -0.4 is 0 Å². The van der Waals surface area contributed by atoms with Crippen LogP contribution in [-0.4, -0.2) is 41.6 Å². The summed E-state index contributed by atoms with van der Waals surface area (Å²) >= 11 is 0. The number of hydrogen-bond donors (Lipinski definition) is 0. The summed E-state index contributed by atoms with van der Waals surface area (Å²) in [5.74, 6) is -1.11. The van der Waals surface area contributed by atoms with E-state index in [-0.39, 0.29) is 29.9 Å². The van der Waals surface area contributed by atoms with Crippen LogP contribution in [0, 0.1) is 11.7 Å². The molecule has 0 saturated carbocycles. The molecule has 1 saturated heterocycles. The molecule has 1 fully saturated rings. The Hall–Kier alpha value is -2.06. The van der Waals surface area contributed by atoms with Gasteiger partial charge in [-0.3, -0.25) is 0 Å². The molecule has 2 aromatic rings. The number of hydrogen-bond acceptors (Lipinski definition) is 4. The highest BCUT2D eigenvalue weighted by Crippen LogP contribution is 2.34. The molecule has 2 atom stereocenters. The Balaban J connectivity index is 1.89. The first-order chi connectivity index (χ1) is 10.9. The summed E-state index contributed by atoms with van der Waals surface area (Å²) in [4.78, 5) is 15.2. The van der Waals surface area contributed by atoms with E-state index in [1.165, 1.54) is 29.0 Å². The third kappa shape index (κ3) is 2.91. The second-order valence-electron chi connectivity index (χ2n) is 5.66. The van der Waals surface area contributed by atoms with Gasteiger partial charge in [-0.15, -0.1) is 0 Å². The summed E-state index contributed by atoms with van der Waals surface area (Å²) in [6, 6.07) is 5.81. The number of carbonyl (C=O) groups excluding carboxylic acids is 1. The van der Waals surface area contributed by atoms with Crippen molar-refractivity contribution in [2.75, 3.05) is 13.1 Å². The molecule has 1 aliphatic rings. The lowest BCUT2D eigenvalue weighted by molar-refractivity contribution is -0.111. The fourth-order valence-corrected chi connectivity index (χ4v) is 4.31. The summed E-state index contributed by atoms with van der Waals surface area (Å²) in [6.07, 6.45) is 3.61. The van der Waals surface area contributed by atoms with E-state index in [9.17, 15) is 17.6 Å². The fraction of sp³-hybridized carbons (Fsp3) is 0.333. The molecule has 8 heteroatoms. The standard InChI is InChI=1S/C15H16FN3O3S/c1-18-8-15(17-10-18)23(21,22)19-6-12(9-20)14(7-19)11-2-4-13(16)5-3-11/h2-5,8-10,12,14H,6-7H2,1H3/t12-,14-/m1/s1. The zero-order chi connectivity index (χ0) is 16.6. The van der Waals surface area contributed by atoms with Gasteiger partial charge in [-0.25, -0.2) is 17.8 Å². The maximum atomic E-state index is 13.1. The van der Waals surface area contributed by atoms with Gasteiger partial charge in [-0.05, 0) is 17.7 Å². The molecule has 122 valence electrons. The van der Waals surface area contributed by atoms with Crippen molar-refractivity contribution in [2.45, 2.75) is 10.9 Å². The minimum Gasteiger partial charge on any atom is -0.339 e. The van der Waals surface area contributed by atoms with Crippen LogP contribution in [0.1, 0.15) is 11.5 Å². The first-order valence-electron chi connectivity index (χ1n) is 7.10. The quantitative estimate of drug-likeness (QED) is 0.785. The first-order valence-corrected chi connectivity index (χ1v) is 8.54. The number of aldehydes is 1. The summed E-state index contributed by atoms with van der Waals surface area (Å²) < 4.78 is 41.1. The van der Waals surface area contributed by atoms with Gasteiger partial charge in [0.2, 0.25) is 0 Å². The summed E-state index contributed by atoms with van der Waals surface area (Å²) in [7, 11) is -2.06. The lowest BCUT2D eigenvalue weighted by Crippen LogP contribution is -2.29. The van der Waals surface area contributed by atoms with E-state index < -0.39 is 15.9 Å². The maximum absolute atomic E-state index is 13.1. The topological polar surface area (TPSA) is 72.3 Å². The second kappa shape index (κ2) is 5.86. The van der Waals surface area contributed by atoms with E-state index in [0.717, 1.165) is 11.8 Å². The van der Waals surface area contributed by atoms with E-state index in [1.54, 1.807) is 23.7 Å². The average Bonchev–Trinajstić information content (AvgIpc) is 3.15. The van der Waals surface area contributed by atoms with Gasteiger partial charge in [0.25, 0.3) is 10.0 Å². The van der Waals surface area contributed by atoms with Crippen LogP contribution in [0.2, 0.25) is 0 Å². The molecule has 0 amide bonds. The highest BCUT2D eigenvalue weighted by Gasteiger charge is 2.40. The van der Waals surface area contributed by atoms with Gasteiger partial charge < -0.3 is 9.36 Å². The van der Waals surface area contributed by atoms with E-state index >= 15 is 0 Å². The predicted molar refractivity (Wildman–Crippen MR) is 80.7 cm³/mol. The monoisotopic (exact) mass is 337 g/mol. The molecule has 6 nitrogen and oxygen atoms in total. The largest absolute Gasteiger partial charge is 0.339 e. The smallest absolute Gasteiger partial charge is 0.262 e. The molecular weight excluding hydrogens is 321 g/mol. The Morgan fingerprint density at radius 3 is 2.52 bits per heavy atom. The lowest BCUT2D eigenvalue weighted by Gasteiger charge is -2.15. The van der Waals surface area contributed by atoms with Crippen LogP contribution in [0.4, 0.5) is 4.39 Å². The van der Waals surface area contributed by atoms with Gasteiger partial charge in [0, 0.05) is 38.2 Å². The summed E-state index contributed by atoms with van der Waals surface area (Å²) in [5.41, 5.74) is 0.752. The normalized spacial score (nSPS) is 22.3. The third-order valence-corrected chi connectivity index (χ3v) is 5.81. The van der Waals surface area contributed by atoms with Gasteiger partial charge >= 0.3 is 0 Å². The van der Waals surface area contributed by atoms with Gasteiger partial charge in [-0.2, -0.15) is 4.31 Å². The molecule has 1 aromatic heterocycles. The summed E-state index contributed by atoms with van der Waals surface area (Å²) in [5, 5.41) is -0.0376. The summed E-state index contributed by atoms with van der Waals surface area (Å²) in [6.45, 7) is 0.276. The van der Waals surface area contributed by atoms with Crippen LogP contribution in [0.25, 0.3) is 0 Å². The highest BCUT2D eigenvalue weighted by atomic mass is 32.2. The molecule has 1 aromatic carbocycles. The molecule has 0 N–H and O–H groups in total. The molecule has 0 radical (unpaired) electrons. The van der Waals surface area contributed by atoms with Crippen molar-refractivity contribution in [1.82, 2.24) is 13.9 Å². The van der Waals surface area contributed by atoms with Gasteiger partial charge in [-0.1, -0.05) is 12.1 Å². The molecule has 3 rings (SSSR count). The number of rotatable bonds is 4. The van der Waals surface area contributed by atoms with E-state index in [4.69, 9.17) is 0 Å². The zero-order valence-electron chi connectivity index (χ0n) is 12.5. The predicted octanol–water partition coefficient (Wildman–Crippen LogP) is 1.16. The van der Waals surface area contributed by atoms with Crippen molar-refractivity contribution in [3.05, 3.63) is 48.2 Å². The Labute approximate surface area is 133 Å². The van der Waals surface area contributed by atoms with Crippen LogP contribution in [0.15, 0.2) is 41.8 Å². The molecule has 2 heterocycles. The number of halogens is 1. The van der Waals surface area contributed by atoms with Gasteiger partial charge in [0.05, 0.1) is 6.33 Å². The van der Waals surface area contributed by atoms with Crippen molar-refractivity contribution in [2.24, 2.45) is 13.0 Å². The van der Waals surface area contributed by atoms with Crippen molar-refractivity contribution in [1.29, 1.82) is 0 Å². The van der Waals surface area contributed by atoms with Gasteiger partial charge in [0.1, 0.15) is 12.1 Å². The average molecular weight is 337 g/mol. The number of imidazole rings is 1. The minimum absolute atomic E-state index is 0.0376. The maximum Gasteiger partial charge on any atom is 0.262 e. The zero-order valence-corrected chi connectivity index (χ0v) is 13.3.